The second-order valence-electron chi connectivity index (χ2n) is 8.55. The number of morpholine rings is 1. The molecule has 192 valence electrons. The average Bonchev–Trinajstić information content (AvgIpc) is 3.25. The number of fused-ring (bicyclic) bond motifs is 1. The number of esters is 2. The number of amides is 1. The van der Waals surface area contributed by atoms with Crippen LogP contribution < -0.4 is 10.1 Å². The Balaban J connectivity index is 1.66. The zero-order valence-electron chi connectivity index (χ0n) is 20.5. The highest BCUT2D eigenvalue weighted by Crippen LogP contribution is 2.41. The van der Waals surface area contributed by atoms with Gasteiger partial charge in [0.25, 0.3) is 5.91 Å². The fourth-order valence-corrected chi connectivity index (χ4v) is 4.23. The number of methoxy groups -OCH3 is 1. The van der Waals surface area contributed by atoms with E-state index in [1.807, 2.05) is 19.9 Å². The number of rotatable bonds is 11. The smallest absolute Gasteiger partial charge is 0.341 e. The third-order valence-corrected chi connectivity index (χ3v) is 6.21. The second kappa shape index (κ2) is 12.6. The molecule has 0 unspecified atom stereocenters. The molecule has 0 bridgehead atoms. The molecule has 9 nitrogen and oxygen atoms in total. The highest BCUT2D eigenvalue weighted by atomic mass is 19.1. The van der Waals surface area contributed by atoms with Gasteiger partial charge in [0.15, 0.2) is 6.67 Å². The van der Waals surface area contributed by atoms with Gasteiger partial charge in [0.1, 0.15) is 19.0 Å². The molecule has 0 saturated carbocycles. The molecule has 0 spiro atoms. The van der Waals surface area contributed by atoms with Gasteiger partial charge in [-0.1, -0.05) is 11.6 Å². The van der Waals surface area contributed by atoms with E-state index in [-0.39, 0.29) is 30.2 Å². The average molecular weight is 493 g/mol. The van der Waals surface area contributed by atoms with Crippen molar-refractivity contribution in [3.8, 4) is 5.75 Å². The van der Waals surface area contributed by atoms with Gasteiger partial charge in [0.05, 0.1) is 31.6 Å². The van der Waals surface area contributed by atoms with E-state index in [0.29, 0.717) is 56.1 Å². The minimum atomic E-state index is -1.22. The molecular formula is C25H33FN2O7. The fraction of sp³-hybridized carbons (Fsp3) is 0.560. The first kappa shape index (κ1) is 26.6. The van der Waals surface area contributed by atoms with E-state index in [1.54, 1.807) is 0 Å². The summed E-state index contributed by atoms with van der Waals surface area (Å²) in [6, 6.07) is 0. The number of hydrogen-bond acceptors (Lipinski definition) is 8. The van der Waals surface area contributed by atoms with Crippen molar-refractivity contribution in [2.45, 2.75) is 39.7 Å². The minimum absolute atomic E-state index is 0.0671. The van der Waals surface area contributed by atoms with Gasteiger partial charge in [0.2, 0.25) is 0 Å². The summed E-state index contributed by atoms with van der Waals surface area (Å²) < 4.78 is 34.4. The molecule has 1 aromatic rings. The number of cyclic esters (lactones) is 1. The van der Waals surface area contributed by atoms with Crippen LogP contribution in [0, 0.1) is 6.92 Å². The second-order valence-corrected chi connectivity index (χ2v) is 8.55. The van der Waals surface area contributed by atoms with Crippen LogP contribution in [0.4, 0.5) is 10.1 Å². The van der Waals surface area contributed by atoms with Gasteiger partial charge in [0, 0.05) is 37.2 Å². The molecule has 0 atom stereocenters. The number of allylic oxidation sites excluding steroid dienone is 2. The van der Waals surface area contributed by atoms with Gasteiger partial charge >= 0.3 is 11.9 Å². The Morgan fingerprint density at radius 3 is 2.66 bits per heavy atom. The molecule has 1 fully saturated rings. The van der Waals surface area contributed by atoms with Crippen molar-refractivity contribution >= 4 is 23.5 Å². The normalized spacial score (nSPS) is 16.0. The van der Waals surface area contributed by atoms with Crippen LogP contribution in [0.3, 0.4) is 0 Å². The summed E-state index contributed by atoms with van der Waals surface area (Å²) in [6.07, 6.45) is 2.95. The number of anilines is 1. The molecule has 10 heteroatoms. The quantitative estimate of drug-likeness (QED) is 0.372. The van der Waals surface area contributed by atoms with Gasteiger partial charge in [-0.3, -0.25) is 14.5 Å². The topological polar surface area (TPSA) is 103 Å². The number of carbonyl (C=O) groups excluding carboxylic acids is 3. The molecule has 3 rings (SSSR count). The Morgan fingerprint density at radius 2 is 1.97 bits per heavy atom. The third kappa shape index (κ3) is 6.79. The monoisotopic (exact) mass is 492 g/mol. The highest BCUT2D eigenvalue weighted by molar-refractivity contribution is 6.06. The number of hydrogen-bond donors (Lipinski definition) is 1. The van der Waals surface area contributed by atoms with Crippen molar-refractivity contribution in [2.24, 2.45) is 0 Å². The number of ether oxygens (including phenoxy) is 4. The predicted molar refractivity (Wildman–Crippen MR) is 126 cm³/mol. The molecule has 1 N–H and O–H groups in total. The number of nitrogens with one attached hydrogen (secondary N) is 1. The Labute approximate surface area is 204 Å². The van der Waals surface area contributed by atoms with Crippen molar-refractivity contribution in [1.29, 1.82) is 0 Å². The maximum atomic E-state index is 13.0. The van der Waals surface area contributed by atoms with E-state index in [4.69, 9.17) is 18.9 Å². The van der Waals surface area contributed by atoms with Crippen molar-refractivity contribution in [1.82, 2.24) is 4.90 Å². The molecule has 35 heavy (non-hydrogen) atoms. The first-order valence-electron chi connectivity index (χ1n) is 11.7. The lowest BCUT2D eigenvalue weighted by atomic mass is 9.93. The fourth-order valence-electron chi connectivity index (χ4n) is 4.23. The molecule has 2 aliphatic rings. The van der Waals surface area contributed by atoms with E-state index in [1.165, 1.54) is 7.11 Å². The number of benzene rings is 1. The van der Waals surface area contributed by atoms with Gasteiger partial charge < -0.3 is 24.3 Å². The molecule has 1 amide bonds. The molecule has 0 radical (unpaired) electrons. The number of halogens is 1. The van der Waals surface area contributed by atoms with Crippen molar-refractivity contribution < 1.29 is 37.7 Å². The summed E-state index contributed by atoms with van der Waals surface area (Å²) in [5.74, 6) is -1.19. The van der Waals surface area contributed by atoms with E-state index in [0.717, 1.165) is 24.2 Å². The highest BCUT2D eigenvalue weighted by Gasteiger charge is 2.32. The standard InChI is InChI=1S/C25H33FN2O7/c1-16(5-7-21(30)34-13-10-28-8-11-33-12-9-28)4-6-18-23(27-20(29)14-26)22-19(15-35-25(22)31)17(2)24(18)32-3/h4H,5-15H2,1-3H3,(H,27,29). The minimum Gasteiger partial charge on any atom is -0.496 e. The Bertz CT molecular complexity index is 987. The summed E-state index contributed by atoms with van der Waals surface area (Å²) in [6.45, 7) is 6.68. The van der Waals surface area contributed by atoms with Crippen LogP contribution >= 0.6 is 0 Å². The van der Waals surface area contributed by atoms with Gasteiger partial charge in [-0.2, -0.15) is 0 Å². The Hall–Kier alpha value is -2.98. The lowest BCUT2D eigenvalue weighted by Gasteiger charge is -2.26. The summed E-state index contributed by atoms with van der Waals surface area (Å²) in [5.41, 5.74) is 3.27. The van der Waals surface area contributed by atoms with Gasteiger partial charge in [-0.05, 0) is 32.3 Å². The van der Waals surface area contributed by atoms with Crippen LogP contribution in [0.15, 0.2) is 11.6 Å². The first-order chi connectivity index (χ1) is 16.8. The van der Waals surface area contributed by atoms with Crippen LogP contribution in [-0.4, -0.2) is 76.0 Å². The largest absolute Gasteiger partial charge is 0.496 e. The van der Waals surface area contributed by atoms with E-state index >= 15 is 0 Å². The summed E-state index contributed by atoms with van der Waals surface area (Å²) in [7, 11) is 1.50. The van der Waals surface area contributed by atoms with Crippen LogP contribution in [0.25, 0.3) is 0 Å². The molecule has 1 saturated heterocycles. The third-order valence-electron chi connectivity index (χ3n) is 6.21. The van der Waals surface area contributed by atoms with Crippen molar-refractivity contribution in [3.63, 3.8) is 0 Å². The lowest BCUT2D eigenvalue weighted by molar-refractivity contribution is -0.144. The molecule has 0 aliphatic carbocycles. The zero-order valence-corrected chi connectivity index (χ0v) is 20.5. The number of alkyl halides is 1. The first-order valence-corrected chi connectivity index (χ1v) is 11.7. The molecular weight excluding hydrogens is 459 g/mol. The van der Waals surface area contributed by atoms with Crippen molar-refractivity contribution in [3.05, 3.63) is 33.9 Å². The maximum absolute atomic E-state index is 13.0. The van der Waals surface area contributed by atoms with Crippen LogP contribution in [0.1, 0.15) is 46.8 Å². The van der Waals surface area contributed by atoms with Gasteiger partial charge in [-0.15, -0.1) is 0 Å². The summed E-state index contributed by atoms with van der Waals surface area (Å²) >= 11 is 0. The summed E-state index contributed by atoms with van der Waals surface area (Å²) in [5, 5.41) is 2.51. The number of carbonyl (C=O) groups is 3. The van der Waals surface area contributed by atoms with Crippen LogP contribution in [0.2, 0.25) is 0 Å². The Morgan fingerprint density at radius 1 is 1.23 bits per heavy atom. The zero-order chi connectivity index (χ0) is 25.4. The van der Waals surface area contributed by atoms with E-state index in [9.17, 15) is 18.8 Å². The molecule has 1 aromatic carbocycles. The van der Waals surface area contributed by atoms with Crippen LogP contribution in [-0.2, 0) is 36.8 Å². The SMILES string of the molecule is COc1c(C)c2c(c(NC(=O)CF)c1CC=C(C)CCC(=O)OCCN1CCOCC1)C(=O)OC2. The Kier molecular flexibility index (Phi) is 9.62. The molecule has 2 heterocycles. The number of nitrogens with zero attached hydrogens (tertiary/aromatic N) is 1. The molecule has 0 aromatic heterocycles. The van der Waals surface area contributed by atoms with E-state index < -0.39 is 18.6 Å². The summed E-state index contributed by atoms with van der Waals surface area (Å²) in [4.78, 5) is 38.6. The van der Waals surface area contributed by atoms with Crippen molar-refractivity contribution in [2.75, 3.05) is 58.6 Å². The van der Waals surface area contributed by atoms with Gasteiger partial charge in [-0.25, -0.2) is 9.18 Å². The van der Waals surface area contributed by atoms with Crippen LogP contribution in [0.5, 0.6) is 5.75 Å². The van der Waals surface area contributed by atoms with E-state index in [2.05, 4.69) is 10.2 Å². The predicted octanol–water partition coefficient (Wildman–Crippen LogP) is 2.73. The lowest BCUT2D eigenvalue weighted by Crippen LogP contribution is -2.38. The molecule has 2 aliphatic heterocycles. The maximum Gasteiger partial charge on any atom is 0.341 e.